The molecule has 1 saturated heterocycles. The van der Waals surface area contributed by atoms with Crippen LogP contribution >= 0.6 is 0 Å². The number of likely N-dealkylation sites (tertiary alicyclic amines) is 1. The maximum absolute atomic E-state index is 12.8. The molecule has 0 bridgehead atoms. The summed E-state index contributed by atoms with van der Waals surface area (Å²) in [4.78, 5) is 18.5. The van der Waals surface area contributed by atoms with Gasteiger partial charge >= 0.3 is 0 Å². The van der Waals surface area contributed by atoms with Crippen LogP contribution in [-0.4, -0.2) is 43.5 Å². The van der Waals surface area contributed by atoms with Crippen LogP contribution in [0.1, 0.15) is 69.9 Å². The van der Waals surface area contributed by atoms with Crippen LogP contribution in [0.3, 0.4) is 0 Å². The van der Waals surface area contributed by atoms with Gasteiger partial charge in [0.15, 0.2) is 0 Å². The van der Waals surface area contributed by atoms with Gasteiger partial charge in [-0.1, -0.05) is 69.4 Å². The minimum Gasteiger partial charge on any atom is -0.343 e. The van der Waals surface area contributed by atoms with E-state index in [4.69, 9.17) is 0 Å². The summed E-state index contributed by atoms with van der Waals surface area (Å²) in [7, 11) is 0. The summed E-state index contributed by atoms with van der Waals surface area (Å²) in [5.41, 5.74) is 5.87. The van der Waals surface area contributed by atoms with Crippen molar-refractivity contribution in [3.63, 3.8) is 0 Å². The predicted molar refractivity (Wildman–Crippen MR) is 127 cm³/mol. The summed E-state index contributed by atoms with van der Waals surface area (Å²) >= 11 is 0. The Balaban J connectivity index is 1.90. The summed E-state index contributed by atoms with van der Waals surface area (Å²) in [6, 6.07) is 8.50. The number of hydrogen-bond donors (Lipinski definition) is 1. The molecule has 166 valence electrons. The number of unbranched alkanes of at least 4 members (excludes halogenated alkanes) is 2. The van der Waals surface area contributed by atoms with Crippen molar-refractivity contribution in [3.8, 4) is 0 Å². The Kier molecular flexibility index (Phi) is 10.0. The molecule has 0 radical (unpaired) electrons. The predicted octanol–water partition coefficient (Wildman–Crippen LogP) is 4.99. The van der Waals surface area contributed by atoms with E-state index in [1.54, 1.807) is 0 Å². The molecule has 1 N–H and O–H groups in total. The van der Waals surface area contributed by atoms with E-state index in [1.807, 2.05) is 0 Å². The van der Waals surface area contributed by atoms with Crippen molar-refractivity contribution < 1.29 is 4.79 Å². The number of hydrogen-bond acceptors (Lipinski definition) is 3. The lowest BCUT2D eigenvalue weighted by Crippen LogP contribution is -2.49. The van der Waals surface area contributed by atoms with E-state index in [2.05, 4.69) is 72.2 Å². The highest BCUT2D eigenvalue weighted by Crippen LogP contribution is 2.41. The van der Waals surface area contributed by atoms with E-state index in [1.165, 1.54) is 43.1 Å². The third kappa shape index (κ3) is 7.26. The van der Waals surface area contributed by atoms with Gasteiger partial charge in [0.25, 0.3) is 0 Å². The number of carbonyl (C=O) groups excluding carboxylic acids is 1. The molecule has 1 aromatic carbocycles. The first-order chi connectivity index (χ1) is 14.5. The highest BCUT2D eigenvalue weighted by molar-refractivity contribution is 5.76. The van der Waals surface area contributed by atoms with Gasteiger partial charge in [0.1, 0.15) is 6.34 Å². The van der Waals surface area contributed by atoms with Crippen molar-refractivity contribution in [1.29, 1.82) is 0 Å². The molecule has 0 aromatic heterocycles. The molecule has 5 nitrogen and oxygen atoms in total. The first-order valence-corrected chi connectivity index (χ1v) is 11.5. The Labute approximate surface area is 183 Å². The summed E-state index contributed by atoms with van der Waals surface area (Å²) in [5, 5.41) is 4.15. The average Bonchev–Trinajstić information content (AvgIpc) is 2.76. The molecule has 30 heavy (non-hydrogen) atoms. The Morgan fingerprint density at radius 2 is 1.97 bits per heavy atom. The number of carbonyl (C=O) groups is 1. The summed E-state index contributed by atoms with van der Waals surface area (Å²) in [5.74, 6) is 0.887. The summed E-state index contributed by atoms with van der Waals surface area (Å²) in [6.45, 7) is 12.7. The van der Waals surface area contributed by atoms with Crippen LogP contribution in [0.4, 0.5) is 0 Å². The van der Waals surface area contributed by atoms with Crippen LogP contribution in [0.25, 0.3) is 0 Å². The van der Waals surface area contributed by atoms with E-state index in [0.29, 0.717) is 12.3 Å². The molecule has 1 heterocycles. The van der Waals surface area contributed by atoms with E-state index in [-0.39, 0.29) is 11.3 Å². The molecule has 2 rings (SSSR count). The zero-order valence-corrected chi connectivity index (χ0v) is 19.2. The third-order valence-electron chi connectivity index (χ3n) is 6.81. The zero-order valence-electron chi connectivity index (χ0n) is 19.2. The zero-order chi connectivity index (χ0) is 21.8. The number of amides is 1. The highest BCUT2D eigenvalue weighted by atomic mass is 16.2. The molecule has 1 fully saturated rings. The van der Waals surface area contributed by atoms with Gasteiger partial charge in [0, 0.05) is 26.1 Å². The number of rotatable bonds is 12. The second kappa shape index (κ2) is 12.5. The molecule has 5 heteroatoms. The SMILES string of the molecule is C=N/C=N\NCC1(C(C)CCCCC)CCN(C(=O)CCc2ccc(C)cc2)CC1. The molecule has 1 atom stereocenters. The van der Waals surface area contributed by atoms with Crippen LogP contribution < -0.4 is 5.43 Å². The second-order valence-corrected chi connectivity index (χ2v) is 8.89. The van der Waals surface area contributed by atoms with Crippen LogP contribution in [0.2, 0.25) is 0 Å². The van der Waals surface area contributed by atoms with E-state index < -0.39 is 0 Å². The lowest BCUT2D eigenvalue weighted by molar-refractivity contribution is -0.134. The molecular formula is C25H40N4O. The first kappa shape index (κ1) is 24.1. The molecule has 0 saturated carbocycles. The summed E-state index contributed by atoms with van der Waals surface area (Å²) in [6.07, 6.45) is 9.97. The average molecular weight is 413 g/mol. The van der Waals surface area contributed by atoms with Crippen LogP contribution in [0.5, 0.6) is 0 Å². The number of aliphatic imine (C=N–C) groups is 1. The van der Waals surface area contributed by atoms with Gasteiger partial charge in [-0.05, 0) is 49.8 Å². The molecule has 1 amide bonds. The molecule has 0 spiro atoms. The largest absolute Gasteiger partial charge is 0.343 e. The summed E-state index contributed by atoms with van der Waals surface area (Å²) < 4.78 is 0. The molecule has 1 unspecified atom stereocenters. The number of nitrogens with zero attached hydrogens (tertiary/aromatic N) is 3. The number of hydrazone groups is 1. The molecule has 1 aliphatic rings. The van der Waals surface area contributed by atoms with E-state index in [9.17, 15) is 4.79 Å². The quantitative estimate of drug-likeness (QED) is 0.228. The molecule has 0 aliphatic carbocycles. The smallest absolute Gasteiger partial charge is 0.222 e. The highest BCUT2D eigenvalue weighted by Gasteiger charge is 2.39. The maximum atomic E-state index is 12.8. The van der Waals surface area contributed by atoms with Crippen molar-refractivity contribution in [1.82, 2.24) is 10.3 Å². The number of benzene rings is 1. The minimum atomic E-state index is 0.181. The van der Waals surface area contributed by atoms with Gasteiger partial charge in [0.2, 0.25) is 5.91 Å². The Bertz CT molecular complexity index is 675. The second-order valence-electron chi connectivity index (χ2n) is 8.89. The fourth-order valence-electron chi connectivity index (χ4n) is 4.50. The Morgan fingerprint density at radius 3 is 2.60 bits per heavy atom. The fourth-order valence-corrected chi connectivity index (χ4v) is 4.50. The molecule has 1 aromatic rings. The normalized spacial score (nSPS) is 17.1. The van der Waals surface area contributed by atoms with Crippen molar-refractivity contribution in [3.05, 3.63) is 35.4 Å². The minimum absolute atomic E-state index is 0.181. The van der Waals surface area contributed by atoms with Crippen molar-refractivity contribution >= 4 is 19.0 Å². The topological polar surface area (TPSA) is 57.1 Å². The standard InChI is InChI=1S/C25H40N4O/c1-5-6-7-8-22(3)25(19-27-28-20-26-4)15-17-29(18-16-25)24(30)14-13-23-11-9-21(2)10-12-23/h9-12,20,22,27H,4-8,13-19H2,1-3H3/b28-20-. The monoisotopic (exact) mass is 412 g/mol. The van der Waals surface area contributed by atoms with Gasteiger partial charge in [-0.2, -0.15) is 5.10 Å². The Morgan fingerprint density at radius 1 is 1.27 bits per heavy atom. The lowest BCUT2D eigenvalue weighted by Gasteiger charge is -2.45. The van der Waals surface area contributed by atoms with Crippen molar-refractivity contribution in [2.75, 3.05) is 19.6 Å². The van der Waals surface area contributed by atoms with Gasteiger partial charge in [-0.25, -0.2) is 0 Å². The molecular weight excluding hydrogens is 372 g/mol. The Hall–Kier alpha value is -2.17. The van der Waals surface area contributed by atoms with Gasteiger partial charge in [-0.15, -0.1) is 0 Å². The van der Waals surface area contributed by atoms with Gasteiger partial charge < -0.3 is 10.3 Å². The van der Waals surface area contributed by atoms with E-state index in [0.717, 1.165) is 38.9 Å². The number of nitrogens with one attached hydrogen (secondary N) is 1. The van der Waals surface area contributed by atoms with Crippen molar-refractivity contribution in [2.24, 2.45) is 21.4 Å². The van der Waals surface area contributed by atoms with Gasteiger partial charge in [-0.3, -0.25) is 9.79 Å². The van der Waals surface area contributed by atoms with E-state index >= 15 is 0 Å². The molecule has 1 aliphatic heterocycles. The number of aryl methyl sites for hydroxylation is 2. The number of piperidine rings is 1. The fraction of sp³-hybridized carbons (Fsp3) is 0.640. The third-order valence-corrected chi connectivity index (χ3v) is 6.81. The maximum Gasteiger partial charge on any atom is 0.222 e. The first-order valence-electron chi connectivity index (χ1n) is 11.5. The van der Waals surface area contributed by atoms with Crippen LogP contribution in [-0.2, 0) is 11.2 Å². The van der Waals surface area contributed by atoms with Crippen LogP contribution in [0, 0.1) is 18.3 Å². The van der Waals surface area contributed by atoms with Crippen molar-refractivity contribution in [2.45, 2.75) is 72.1 Å². The van der Waals surface area contributed by atoms with Gasteiger partial charge in [0.05, 0.1) is 0 Å². The lowest BCUT2D eigenvalue weighted by atomic mass is 9.67. The van der Waals surface area contributed by atoms with Crippen LogP contribution in [0.15, 0.2) is 34.4 Å².